The van der Waals surface area contributed by atoms with Crippen LogP contribution in [0.4, 0.5) is 0 Å². The lowest BCUT2D eigenvalue weighted by Crippen LogP contribution is -2.25. The molecule has 0 radical (unpaired) electrons. The lowest BCUT2D eigenvalue weighted by Gasteiger charge is -2.16. The quantitative estimate of drug-likeness (QED) is 0.283. The Morgan fingerprint density at radius 3 is 2.33 bits per heavy atom. The van der Waals surface area contributed by atoms with Crippen LogP contribution in [0.25, 0.3) is 32.5 Å². The number of thiophene rings is 1. The lowest BCUT2D eigenvalue weighted by molar-refractivity contribution is 0.324. The van der Waals surface area contributed by atoms with Gasteiger partial charge in [-0.05, 0) is 29.8 Å². The van der Waals surface area contributed by atoms with Crippen LogP contribution in [0.2, 0.25) is 0 Å². The van der Waals surface area contributed by atoms with Crippen LogP contribution in [0.3, 0.4) is 0 Å². The Balaban J connectivity index is 1.57. The highest BCUT2D eigenvalue weighted by Crippen LogP contribution is 2.32. The van der Waals surface area contributed by atoms with E-state index in [0.717, 1.165) is 46.9 Å². The van der Waals surface area contributed by atoms with Crippen LogP contribution in [0.1, 0.15) is 13.8 Å². The molecule has 0 fully saturated rings. The van der Waals surface area contributed by atoms with Gasteiger partial charge in [0, 0.05) is 23.2 Å². The molecule has 0 amide bonds. The molecule has 4 nitrogen and oxygen atoms in total. The predicted molar refractivity (Wildman–Crippen MR) is 130 cm³/mol. The van der Waals surface area contributed by atoms with E-state index in [1.165, 1.54) is 16.9 Å². The molecular weight excluding hydrogens is 410 g/mol. The molecule has 0 aliphatic heterocycles. The van der Waals surface area contributed by atoms with E-state index < -0.39 is 0 Å². The van der Waals surface area contributed by atoms with Crippen LogP contribution in [0.5, 0.6) is 0 Å². The number of aromatic amines is 1. The van der Waals surface area contributed by atoms with Gasteiger partial charge in [0.15, 0.2) is 5.16 Å². The van der Waals surface area contributed by atoms with Gasteiger partial charge in [-0.2, -0.15) is 0 Å². The van der Waals surface area contributed by atoms with Crippen molar-refractivity contribution in [1.82, 2.24) is 14.9 Å². The van der Waals surface area contributed by atoms with E-state index in [4.69, 9.17) is 4.98 Å². The molecule has 0 spiro atoms. The van der Waals surface area contributed by atoms with E-state index in [1.54, 1.807) is 11.8 Å². The highest BCUT2D eigenvalue weighted by atomic mass is 32.2. The summed E-state index contributed by atoms with van der Waals surface area (Å²) in [5.41, 5.74) is 4.27. The Morgan fingerprint density at radius 1 is 0.967 bits per heavy atom. The van der Waals surface area contributed by atoms with Crippen molar-refractivity contribution in [2.24, 2.45) is 0 Å². The van der Waals surface area contributed by atoms with Crippen molar-refractivity contribution in [1.29, 1.82) is 0 Å². The summed E-state index contributed by atoms with van der Waals surface area (Å²) in [6.07, 6.45) is 0. The molecule has 4 rings (SSSR count). The van der Waals surface area contributed by atoms with Gasteiger partial charge in [0.2, 0.25) is 0 Å². The minimum absolute atomic E-state index is 0.0614. The highest BCUT2D eigenvalue weighted by molar-refractivity contribution is 7.99. The van der Waals surface area contributed by atoms with Crippen molar-refractivity contribution >= 4 is 33.3 Å². The zero-order valence-electron chi connectivity index (χ0n) is 17.2. The number of nitrogens with zero attached hydrogens (tertiary/aromatic N) is 2. The second kappa shape index (κ2) is 9.60. The number of hydrogen-bond donors (Lipinski definition) is 1. The van der Waals surface area contributed by atoms with Gasteiger partial charge in [-0.1, -0.05) is 80.2 Å². The summed E-state index contributed by atoms with van der Waals surface area (Å²) in [7, 11) is 0. The largest absolute Gasteiger partial charge is 0.303 e. The average molecular weight is 436 g/mol. The van der Waals surface area contributed by atoms with E-state index in [-0.39, 0.29) is 5.56 Å². The highest BCUT2D eigenvalue weighted by Gasteiger charge is 2.13. The summed E-state index contributed by atoms with van der Waals surface area (Å²) in [5, 5.41) is 3.42. The van der Waals surface area contributed by atoms with Crippen molar-refractivity contribution in [3.05, 3.63) is 70.3 Å². The van der Waals surface area contributed by atoms with Crippen LogP contribution in [0, 0.1) is 0 Å². The van der Waals surface area contributed by atoms with Crippen LogP contribution in [-0.2, 0) is 0 Å². The fourth-order valence-corrected chi connectivity index (χ4v) is 5.36. The topological polar surface area (TPSA) is 49.0 Å². The summed E-state index contributed by atoms with van der Waals surface area (Å²) < 4.78 is 0. The third kappa shape index (κ3) is 4.51. The first-order valence-electron chi connectivity index (χ1n) is 10.2. The Labute approximate surface area is 185 Å². The Kier molecular flexibility index (Phi) is 6.67. The fraction of sp³-hybridized carbons (Fsp3) is 0.250. The van der Waals surface area contributed by atoms with E-state index in [0.29, 0.717) is 10.5 Å². The van der Waals surface area contributed by atoms with Gasteiger partial charge in [0.25, 0.3) is 5.56 Å². The monoisotopic (exact) mass is 435 g/mol. The van der Waals surface area contributed by atoms with Gasteiger partial charge in [-0.25, -0.2) is 4.98 Å². The van der Waals surface area contributed by atoms with Crippen molar-refractivity contribution in [3.8, 4) is 22.3 Å². The Morgan fingerprint density at radius 2 is 1.63 bits per heavy atom. The van der Waals surface area contributed by atoms with Crippen molar-refractivity contribution < 1.29 is 0 Å². The summed E-state index contributed by atoms with van der Waals surface area (Å²) >= 11 is 3.14. The molecule has 0 bridgehead atoms. The first-order chi connectivity index (χ1) is 14.7. The Hall–Kier alpha value is -2.41. The van der Waals surface area contributed by atoms with Gasteiger partial charge in [0.1, 0.15) is 4.83 Å². The van der Waals surface area contributed by atoms with E-state index in [9.17, 15) is 4.79 Å². The van der Waals surface area contributed by atoms with E-state index >= 15 is 0 Å². The minimum Gasteiger partial charge on any atom is -0.303 e. The minimum atomic E-state index is -0.0614. The summed E-state index contributed by atoms with van der Waals surface area (Å²) in [6.45, 7) is 7.40. The van der Waals surface area contributed by atoms with E-state index in [1.807, 2.05) is 23.6 Å². The predicted octanol–water partition coefficient (Wildman–Crippen LogP) is 5.75. The number of thioether (sulfide) groups is 1. The summed E-state index contributed by atoms with van der Waals surface area (Å²) in [6, 6.07) is 18.7. The molecule has 0 aliphatic rings. The molecule has 4 aromatic rings. The molecule has 154 valence electrons. The summed E-state index contributed by atoms with van der Waals surface area (Å²) in [5.74, 6) is 0.912. The standard InChI is InChI=1S/C24H25N3OS2/c1-3-27(4-2)14-15-29-24-25-22(28)21-20(16-30-23(21)26-24)19-12-10-18(11-13-19)17-8-6-5-7-9-17/h5-13,16H,3-4,14-15H2,1-2H3,(H,25,26,28). The van der Waals surface area contributed by atoms with E-state index in [2.05, 4.69) is 60.1 Å². The van der Waals surface area contributed by atoms with Crippen LogP contribution in [-0.4, -0.2) is 40.3 Å². The van der Waals surface area contributed by atoms with Gasteiger partial charge in [-0.15, -0.1) is 11.3 Å². The molecule has 2 aromatic heterocycles. The molecule has 2 heterocycles. The van der Waals surface area contributed by atoms with Crippen LogP contribution in [0.15, 0.2) is 69.9 Å². The molecule has 0 unspecified atom stereocenters. The molecule has 6 heteroatoms. The second-order valence-electron chi connectivity index (χ2n) is 7.02. The fourth-order valence-electron chi connectivity index (χ4n) is 3.49. The zero-order valence-corrected chi connectivity index (χ0v) is 18.9. The van der Waals surface area contributed by atoms with Gasteiger partial charge >= 0.3 is 0 Å². The molecule has 0 saturated heterocycles. The van der Waals surface area contributed by atoms with Gasteiger partial charge in [0.05, 0.1) is 5.39 Å². The van der Waals surface area contributed by atoms with Crippen LogP contribution >= 0.6 is 23.1 Å². The smallest absolute Gasteiger partial charge is 0.260 e. The summed E-state index contributed by atoms with van der Waals surface area (Å²) in [4.78, 5) is 23.7. The Bertz CT molecular complexity index is 1160. The average Bonchev–Trinajstić information content (AvgIpc) is 3.22. The molecule has 0 saturated carbocycles. The van der Waals surface area contributed by atoms with Crippen molar-refractivity contribution in [2.75, 3.05) is 25.4 Å². The first-order valence-corrected chi connectivity index (χ1v) is 12.1. The molecule has 0 atom stereocenters. The number of aromatic nitrogens is 2. The number of H-pyrrole nitrogens is 1. The second-order valence-corrected chi connectivity index (χ2v) is 8.96. The molecule has 30 heavy (non-hydrogen) atoms. The van der Waals surface area contributed by atoms with Crippen molar-refractivity contribution in [3.63, 3.8) is 0 Å². The molecular formula is C24H25N3OS2. The first kappa shape index (κ1) is 20.8. The SMILES string of the molecule is CCN(CC)CCSc1nc2scc(-c3ccc(-c4ccccc4)cc3)c2c(=O)[nH]1. The molecule has 0 aliphatic carbocycles. The normalized spacial score (nSPS) is 11.4. The van der Waals surface area contributed by atoms with Crippen LogP contribution < -0.4 is 5.56 Å². The lowest BCUT2D eigenvalue weighted by atomic mass is 10.0. The maximum absolute atomic E-state index is 12.8. The number of nitrogens with one attached hydrogen (secondary N) is 1. The zero-order chi connectivity index (χ0) is 20.9. The number of fused-ring (bicyclic) bond motifs is 1. The molecule has 1 N–H and O–H groups in total. The maximum Gasteiger partial charge on any atom is 0.260 e. The third-order valence-corrected chi connectivity index (χ3v) is 6.99. The number of hydrogen-bond acceptors (Lipinski definition) is 5. The van der Waals surface area contributed by atoms with Gasteiger partial charge < -0.3 is 9.88 Å². The number of benzene rings is 2. The number of rotatable bonds is 8. The third-order valence-electron chi connectivity index (χ3n) is 5.27. The maximum atomic E-state index is 12.8. The van der Waals surface area contributed by atoms with Gasteiger partial charge in [-0.3, -0.25) is 4.79 Å². The molecule has 2 aromatic carbocycles. The van der Waals surface area contributed by atoms with Crippen molar-refractivity contribution in [2.45, 2.75) is 19.0 Å².